The topological polar surface area (TPSA) is 69.6 Å². The Kier molecular flexibility index (Phi) is 6.96. The van der Waals surface area contributed by atoms with Crippen LogP contribution in [0.25, 0.3) is 0 Å². The summed E-state index contributed by atoms with van der Waals surface area (Å²) in [4.78, 5) is 26.3. The fourth-order valence-corrected chi connectivity index (χ4v) is 2.36. The summed E-state index contributed by atoms with van der Waals surface area (Å²) in [6.45, 7) is 10.3. The summed E-state index contributed by atoms with van der Waals surface area (Å²) in [6, 6.07) is 6.85. The van der Waals surface area contributed by atoms with Gasteiger partial charge in [0.15, 0.2) is 0 Å². The van der Waals surface area contributed by atoms with E-state index >= 15 is 0 Å². The molecule has 0 aliphatic carbocycles. The molecule has 0 bridgehead atoms. The van der Waals surface area contributed by atoms with Crippen LogP contribution in [-0.2, 0) is 10.2 Å². The van der Waals surface area contributed by atoms with Crippen molar-refractivity contribution in [3.63, 3.8) is 0 Å². The average molecular weight is 334 g/mol. The number of benzene rings is 1. The molecule has 1 rings (SSSR count). The van der Waals surface area contributed by atoms with Gasteiger partial charge in [0.25, 0.3) is 5.91 Å². The van der Waals surface area contributed by atoms with Crippen LogP contribution in [0.5, 0.6) is 0 Å². The van der Waals surface area contributed by atoms with E-state index in [9.17, 15) is 9.59 Å². The summed E-state index contributed by atoms with van der Waals surface area (Å²) in [5.74, 6) is -0.505. The number of aliphatic hydroxyl groups is 1. The molecule has 1 aromatic carbocycles. The number of likely N-dealkylation sites (N-methyl/N-ethyl adjacent to an activating group) is 1. The van der Waals surface area contributed by atoms with Crippen molar-refractivity contribution in [1.29, 1.82) is 0 Å². The van der Waals surface area contributed by atoms with Crippen molar-refractivity contribution in [1.82, 2.24) is 10.2 Å². The van der Waals surface area contributed by atoms with Crippen LogP contribution in [0.2, 0.25) is 0 Å². The van der Waals surface area contributed by atoms with Gasteiger partial charge in [-0.05, 0) is 29.0 Å². The summed E-state index contributed by atoms with van der Waals surface area (Å²) in [5.41, 5.74) is 1.71. The third-order valence-corrected chi connectivity index (χ3v) is 4.04. The quantitative estimate of drug-likeness (QED) is 0.838. The molecule has 2 amide bonds. The monoisotopic (exact) mass is 334 g/mol. The zero-order valence-electron chi connectivity index (χ0n) is 15.6. The van der Waals surface area contributed by atoms with E-state index in [1.807, 2.05) is 26.0 Å². The zero-order valence-corrected chi connectivity index (χ0v) is 15.6. The molecule has 5 heteroatoms. The van der Waals surface area contributed by atoms with Crippen LogP contribution >= 0.6 is 0 Å². The van der Waals surface area contributed by atoms with Gasteiger partial charge in [0, 0.05) is 19.2 Å². The normalized spacial score (nSPS) is 12.8. The van der Waals surface area contributed by atoms with Crippen LogP contribution in [0.1, 0.15) is 50.5 Å². The molecule has 1 aromatic rings. The maximum atomic E-state index is 12.5. The van der Waals surface area contributed by atoms with E-state index in [4.69, 9.17) is 5.11 Å². The highest BCUT2D eigenvalue weighted by Gasteiger charge is 2.27. The first-order valence-corrected chi connectivity index (χ1v) is 8.35. The highest BCUT2D eigenvalue weighted by molar-refractivity contribution is 5.97. The minimum absolute atomic E-state index is 0.0262. The number of aliphatic hydroxyl groups excluding tert-OH is 1. The fraction of sp³-hybridized carbons (Fsp3) is 0.579. The summed E-state index contributed by atoms with van der Waals surface area (Å²) in [6.07, 6.45) is 0. The third kappa shape index (κ3) is 5.34. The molecule has 0 saturated carbocycles. The van der Waals surface area contributed by atoms with E-state index in [0.29, 0.717) is 5.56 Å². The van der Waals surface area contributed by atoms with Gasteiger partial charge in [-0.1, -0.05) is 46.8 Å². The lowest BCUT2D eigenvalue weighted by atomic mass is 9.86. The maximum absolute atomic E-state index is 12.5. The van der Waals surface area contributed by atoms with Crippen LogP contribution in [-0.4, -0.2) is 48.1 Å². The highest BCUT2D eigenvalue weighted by Crippen LogP contribution is 2.22. The van der Waals surface area contributed by atoms with Gasteiger partial charge < -0.3 is 15.3 Å². The maximum Gasteiger partial charge on any atom is 0.251 e. The van der Waals surface area contributed by atoms with Gasteiger partial charge in [-0.2, -0.15) is 0 Å². The number of carbonyl (C=O) groups is 2. The van der Waals surface area contributed by atoms with Crippen LogP contribution in [0.3, 0.4) is 0 Å². The van der Waals surface area contributed by atoms with Crippen molar-refractivity contribution in [3.8, 4) is 0 Å². The van der Waals surface area contributed by atoms with Crippen molar-refractivity contribution in [2.24, 2.45) is 5.92 Å². The molecule has 0 heterocycles. The Morgan fingerprint density at radius 3 is 2.12 bits per heavy atom. The van der Waals surface area contributed by atoms with Gasteiger partial charge >= 0.3 is 0 Å². The summed E-state index contributed by atoms with van der Waals surface area (Å²) in [5, 5.41) is 11.8. The SMILES string of the molecule is CC(C)C(NC(=O)c1ccc(C(C)(C)C)cc1)C(=O)N(C)CCO. The van der Waals surface area contributed by atoms with E-state index in [2.05, 4.69) is 26.1 Å². The number of amides is 2. The second kappa shape index (κ2) is 8.29. The minimum atomic E-state index is -0.614. The number of carbonyl (C=O) groups excluding carboxylic acids is 2. The molecule has 0 aliphatic rings. The second-order valence-electron chi connectivity index (χ2n) is 7.51. The van der Waals surface area contributed by atoms with Gasteiger partial charge in [0.1, 0.15) is 6.04 Å². The zero-order chi connectivity index (χ0) is 18.5. The van der Waals surface area contributed by atoms with Crippen molar-refractivity contribution >= 4 is 11.8 Å². The number of nitrogens with one attached hydrogen (secondary N) is 1. The molecule has 0 aromatic heterocycles. The van der Waals surface area contributed by atoms with E-state index in [-0.39, 0.29) is 36.3 Å². The van der Waals surface area contributed by atoms with Crippen molar-refractivity contribution in [2.45, 2.75) is 46.1 Å². The summed E-state index contributed by atoms with van der Waals surface area (Å²) >= 11 is 0. The molecule has 1 unspecified atom stereocenters. The van der Waals surface area contributed by atoms with Gasteiger partial charge in [-0.3, -0.25) is 9.59 Å². The molecule has 134 valence electrons. The first-order chi connectivity index (χ1) is 11.1. The molecule has 1 atom stereocenters. The predicted octanol–water partition coefficient (Wildman–Crippen LogP) is 2.19. The van der Waals surface area contributed by atoms with Crippen molar-refractivity contribution in [3.05, 3.63) is 35.4 Å². The van der Waals surface area contributed by atoms with Crippen LogP contribution < -0.4 is 5.32 Å². The molecule has 0 aliphatic heterocycles. The Bertz CT molecular complexity index is 559. The van der Waals surface area contributed by atoms with E-state index in [1.165, 1.54) is 4.90 Å². The van der Waals surface area contributed by atoms with Crippen LogP contribution in [0.15, 0.2) is 24.3 Å². The molecule has 5 nitrogen and oxygen atoms in total. The van der Waals surface area contributed by atoms with Crippen molar-refractivity contribution in [2.75, 3.05) is 20.2 Å². The molecular weight excluding hydrogens is 304 g/mol. The molecule has 0 spiro atoms. The molecule has 0 saturated heterocycles. The minimum Gasteiger partial charge on any atom is -0.395 e. The highest BCUT2D eigenvalue weighted by atomic mass is 16.3. The Labute approximate surface area is 145 Å². The first-order valence-electron chi connectivity index (χ1n) is 8.35. The smallest absolute Gasteiger partial charge is 0.251 e. The third-order valence-electron chi connectivity index (χ3n) is 4.04. The lowest BCUT2D eigenvalue weighted by Crippen LogP contribution is -2.50. The molecular formula is C19H30N2O3. The van der Waals surface area contributed by atoms with Crippen LogP contribution in [0, 0.1) is 5.92 Å². The summed E-state index contributed by atoms with van der Waals surface area (Å²) in [7, 11) is 1.62. The molecule has 24 heavy (non-hydrogen) atoms. The Morgan fingerprint density at radius 2 is 1.71 bits per heavy atom. The van der Waals surface area contributed by atoms with Gasteiger partial charge in [0.05, 0.1) is 6.61 Å². The standard InChI is InChI=1S/C19H30N2O3/c1-13(2)16(18(24)21(6)11-12-22)20-17(23)14-7-9-15(10-8-14)19(3,4)5/h7-10,13,16,22H,11-12H2,1-6H3,(H,20,23). The van der Waals surface area contributed by atoms with E-state index < -0.39 is 6.04 Å². The lowest BCUT2D eigenvalue weighted by Gasteiger charge is -2.26. The van der Waals surface area contributed by atoms with E-state index in [1.54, 1.807) is 19.2 Å². The lowest BCUT2D eigenvalue weighted by molar-refractivity contribution is -0.133. The number of hydrogen-bond donors (Lipinski definition) is 2. The Balaban J connectivity index is 2.87. The number of hydrogen-bond acceptors (Lipinski definition) is 3. The second-order valence-corrected chi connectivity index (χ2v) is 7.51. The molecule has 0 radical (unpaired) electrons. The predicted molar refractivity (Wildman–Crippen MR) is 96.0 cm³/mol. The Hall–Kier alpha value is -1.88. The largest absolute Gasteiger partial charge is 0.395 e. The van der Waals surface area contributed by atoms with E-state index in [0.717, 1.165) is 5.56 Å². The van der Waals surface area contributed by atoms with Crippen LogP contribution in [0.4, 0.5) is 0 Å². The number of rotatable bonds is 6. The Morgan fingerprint density at radius 1 is 1.17 bits per heavy atom. The van der Waals surface area contributed by atoms with Gasteiger partial charge in [0.2, 0.25) is 5.91 Å². The van der Waals surface area contributed by atoms with Gasteiger partial charge in [-0.15, -0.1) is 0 Å². The average Bonchev–Trinajstić information content (AvgIpc) is 2.51. The molecule has 0 fully saturated rings. The summed E-state index contributed by atoms with van der Waals surface area (Å²) < 4.78 is 0. The van der Waals surface area contributed by atoms with Gasteiger partial charge in [-0.25, -0.2) is 0 Å². The van der Waals surface area contributed by atoms with Crippen molar-refractivity contribution < 1.29 is 14.7 Å². The number of nitrogens with zero attached hydrogens (tertiary/aromatic N) is 1. The molecule has 2 N–H and O–H groups in total. The fourth-order valence-electron chi connectivity index (χ4n) is 2.36. The first kappa shape index (κ1) is 20.2.